The molecule has 0 aliphatic heterocycles. The lowest BCUT2D eigenvalue weighted by molar-refractivity contribution is -0.145. The third kappa shape index (κ3) is 5.88. The number of esters is 1. The van der Waals surface area contributed by atoms with Crippen LogP contribution in [0.5, 0.6) is 5.75 Å². The predicted octanol–water partition coefficient (Wildman–Crippen LogP) is 1.95. The van der Waals surface area contributed by atoms with Gasteiger partial charge in [0.25, 0.3) is 5.91 Å². The average molecular weight is 351 g/mol. The number of ether oxygens (including phenoxy) is 2. The lowest BCUT2D eigenvalue weighted by atomic mass is 10.1. The van der Waals surface area contributed by atoms with Gasteiger partial charge in [0.1, 0.15) is 5.75 Å². The van der Waals surface area contributed by atoms with Crippen LogP contribution in [0.15, 0.2) is 18.2 Å². The normalized spacial score (nSPS) is 13.2. The van der Waals surface area contributed by atoms with Gasteiger partial charge in [-0.1, -0.05) is 0 Å². The number of methoxy groups -OCH3 is 1. The zero-order valence-corrected chi connectivity index (χ0v) is 14.6. The van der Waals surface area contributed by atoms with Crippen molar-refractivity contribution in [2.45, 2.75) is 31.6 Å². The Hall–Kier alpha value is -2.02. The van der Waals surface area contributed by atoms with E-state index in [2.05, 4.69) is 5.32 Å². The van der Waals surface area contributed by atoms with E-state index >= 15 is 0 Å². The van der Waals surface area contributed by atoms with E-state index in [1.807, 2.05) is 0 Å². The fourth-order valence-corrected chi connectivity index (χ4v) is 2.84. The van der Waals surface area contributed by atoms with Crippen molar-refractivity contribution in [1.82, 2.24) is 5.32 Å². The van der Waals surface area contributed by atoms with Crippen molar-refractivity contribution in [1.29, 1.82) is 0 Å². The molecule has 6 nitrogen and oxygen atoms in total. The van der Waals surface area contributed by atoms with Crippen molar-refractivity contribution in [3.05, 3.63) is 29.3 Å². The van der Waals surface area contributed by atoms with Crippen molar-refractivity contribution in [3.8, 4) is 5.75 Å². The second-order valence-electron chi connectivity index (χ2n) is 5.58. The van der Waals surface area contributed by atoms with Crippen LogP contribution in [-0.2, 0) is 20.1 Å². The van der Waals surface area contributed by atoms with Gasteiger partial charge in [0, 0.05) is 22.9 Å². The molecule has 1 fully saturated rings. The summed E-state index contributed by atoms with van der Waals surface area (Å²) in [5, 5.41) is 2.75. The molecule has 0 bridgehead atoms. The van der Waals surface area contributed by atoms with E-state index in [0.717, 1.165) is 18.4 Å². The number of hydrogen-bond acceptors (Lipinski definition) is 6. The topological polar surface area (TPSA) is 81.7 Å². The highest BCUT2D eigenvalue weighted by Gasteiger charge is 2.23. The lowest BCUT2D eigenvalue weighted by Gasteiger charge is -2.10. The summed E-state index contributed by atoms with van der Waals surface area (Å²) in [6.45, 7) is 1.27. The molecule has 1 saturated carbocycles. The standard InChI is InChI=1S/C17H21NO5S/c1-11(19)12-3-6-15(22-2)13(7-12)9-24-10-17(21)23-8-16(20)18-14-4-5-14/h3,6-7,14H,4-5,8-10H2,1-2H3,(H,18,20). The molecule has 0 heterocycles. The van der Waals surface area contributed by atoms with Crippen molar-refractivity contribution in [2.75, 3.05) is 19.5 Å². The van der Waals surface area contributed by atoms with Gasteiger partial charge in [-0.2, -0.15) is 0 Å². The van der Waals surface area contributed by atoms with Crippen LogP contribution in [-0.4, -0.2) is 43.2 Å². The number of carbonyl (C=O) groups is 3. The average Bonchev–Trinajstić information content (AvgIpc) is 3.36. The molecule has 1 amide bonds. The number of benzene rings is 1. The largest absolute Gasteiger partial charge is 0.496 e. The van der Waals surface area contributed by atoms with E-state index in [9.17, 15) is 14.4 Å². The number of thioether (sulfide) groups is 1. The fraction of sp³-hybridized carbons (Fsp3) is 0.471. The first-order chi connectivity index (χ1) is 11.5. The molecule has 24 heavy (non-hydrogen) atoms. The minimum atomic E-state index is -0.437. The first-order valence-corrected chi connectivity index (χ1v) is 8.85. The Labute approximate surface area is 145 Å². The fourth-order valence-electron chi connectivity index (χ4n) is 2.04. The number of Topliss-reactive ketones (excluding diaryl/α,β-unsaturated/α-hetero) is 1. The Morgan fingerprint density at radius 2 is 2.04 bits per heavy atom. The number of amides is 1. The highest BCUT2D eigenvalue weighted by molar-refractivity contribution is 7.99. The molecular weight excluding hydrogens is 330 g/mol. The summed E-state index contributed by atoms with van der Waals surface area (Å²) in [4.78, 5) is 34.5. The van der Waals surface area contributed by atoms with Crippen LogP contribution in [0, 0.1) is 0 Å². The summed E-state index contributed by atoms with van der Waals surface area (Å²) in [7, 11) is 1.56. The predicted molar refractivity (Wildman–Crippen MR) is 91.3 cm³/mol. The van der Waals surface area contributed by atoms with Crippen LogP contribution in [0.2, 0.25) is 0 Å². The molecule has 1 aliphatic carbocycles. The summed E-state index contributed by atoms with van der Waals surface area (Å²) in [6.07, 6.45) is 1.99. The highest BCUT2D eigenvalue weighted by atomic mass is 32.2. The van der Waals surface area contributed by atoms with Gasteiger partial charge in [-0.15, -0.1) is 11.8 Å². The maximum atomic E-state index is 11.7. The van der Waals surface area contributed by atoms with E-state index in [4.69, 9.17) is 9.47 Å². The number of carbonyl (C=O) groups excluding carboxylic acids is 3. The van der Waals surface area contributed by atoms with Gasteiger partial charge in [-0.25, -0.2) is 0 Å². The summed E-state index contributed by atoms with van der Waals surface area (Å²) < 4.78 is 10.2. The van der Waals surface area contributed by atoms with Crippen LogP contribution in [0.3, 0.4) is 0 Å². The maximum Gasteiger partial charge on any atom is 0.316 e. The molecule has 2 rings (SSSR count). The van der Waals surface area contributed by atoms with Crippen LogP contribution in [0.25, 0.3) is 0 Å². The smallest absolute Gasteiger partial charge is 0.316 e. The van der Waals surface area contributed by atoms with Gasteiger partial charge >= 0.3 is 5.97 Å². The summed E-state index contributed by atoms with van der Waals surface area (Å²) in [6, 6.07) is 5.48. The monoisotopic (exact) mass is 351 g/mol. The van der Waals surface area contributed by atoms with Gasteiger partial charge in [-0.05, 0) is 38.0 Å². The minimum absolute atomic E-state index is 0.0232. The summed E-state index contributed by atoms with van der Waals surface area (Å²) in [5.41, 5.74) is 1.44. The van der Waals surface area contributed by atoms with Crippen LogP contribution >= 0.6 is 11.8 Å². The van der Waals surface area contributed by atoms with Gasteiger partial charge in [0.15, 0.2) is 12.4 Å². The summed E-state index contributed by atoms with van der Waals surface area (Å²) in [5.74, 6) is 0.589. The van der Waals surface area contributed by atoms with E-state index in [1.54, 1.807) is 25.3 Å². The number of ketones is 1. The molecule has 0 radical (unpaired) electrons. The van der Waals surface area contributed by atoms with Crippen molar-refractivity contribution in [2.24, 2.45) is 0 Å². The number of nitrogens with one attached hydrogen (secondary N) is 1. The Kier molecular flexibility index (Phi) is 6.66. The van der Waals surface area contributed by atoms with Gasteiger partial charge in [-0.3, -0.25) is 14.4 Å². The van der Waals surface area contributed by atoms with Gasteiger partial charge < -0.3 is 14.8 Å². The zero-order valence-electron chi connectivity index (χ0n) is 13.8. The molecule has 1 N–H and O–H groups in total. The van der Waals surface area contributed by atoms with Crippen molar-refractivity contribution in [3.63, 3.8) is 0 Å². The lowest BCUT2D eigenvalue weighted by Crippen LogP contribution is -2.30. The second kappa shape index (κ2) is 8.73. The van der Waals surface area contributed by atoms with Gasteiger partial charge in [0.2, 0.25) is 0 Å². The third-order valence-electron chi connectivity index (χ3n) is 3.47. The van der Waals surface area contributed by atoms with Crippen LogP contribution in [0.1, 0.15) is 35.7 Å². The maximum absolute atomic E-state index is 11.7. The molecule has 1 aliphatic rings. The third-order valence-corrected chi connectivity index (χ3v) is 4.43. The quantitative estimate of drug-likeness (QED) is 0.541. The van der Waals surface area contributed by atoms with E-state index in [0.29, 0.717) is 17.1 Å². The molecule has 0 aromatic heterocycles. The van der Waals surface area contributed by atoms with E-state index in [-0.39, 0.29) is 30.1 Å². The summed E-state index contributed by atoms with van der Waals surface area (Å²) >= 11 is 1.34. The molecule has 7 heteroatoms. The number of hydrogen-bond donors (Lipinski definition) is 1. The van der Waals surface area contributed by atoms with Crippen LogP contribution in [0.4, 0.5) is 0 Å². The van der Waals surface area contributed by atoms with Crippen molar-refractivity contribution < 1.29 is 23.9 Å². The molecule has 1 aromatic carbocycles. The first-order valence-electron chi connectivity index (χ1n) is 7.70. The molecule has 1 aromatic rings. The molecule has 0 spiro atoms. The minimum Gasteiger partial charge on any atom is -0.496 e. The highest BCUT2D eigenvalue weighted by Crippen LogP contribution is 2.25. The van der Waals surface area contributed by atoms with Crippen LogP contribution < -0.4 is 10.1 Å². The number of rotatable bonds is 9. The molecular formula is C17H21NO5S. The first kappa shape index (κ1) is 18.3. The molecule has 0 unspecified atom stereocenters. The van der Waals surface area contributed by atoms with Crippen molar-refractivity contribution >= 4 is 29.4 Å². The Morgan fingerprint density at radius 1 is 1.29 bits per heavy atom. The van der Waals surface area contributed by atoms with E-state index in [1.165, 1.54) is 18.7 Å². The molecule has 130 valence electrons. The SMILES string of the molecule is COc1ccc(C(C)=O)cc1CSCC(=O)OCC(=O)NC1CC1. The molecule has 0 atom stereocenters. The Balaban J connectivity index is 1.75. The van der Waals surface area contributed by atoms with E-state index < -0.39 is 5.97 Å². The zero-order chi connectivity index (χ0) is 17.5. The Bertz CT molecular complexity index is 627. The molecule has 0 saturated heterocycles. The Morgan fingerprint density at radius 3 is 2.67 bits per heavy atom. The van der Waals surface area contributed by atoms with Gasteiger partial charge in [0.05, 0.1) is 12.9 Å². The second-order valence-corrected chi connectivity index (χ2v) is 6.56.